The minimum Gasteiger partial charge on any atom is -0.459 e. The van der Waals surface area contributed by atoms with Gasteiger partial charge in [0.2, 0.25) is 0 Å². The van der Waals surface area contributed by atoms with Gasteiger partial charge in [0.15, 0.2) is 0 Å². The standard InChI is InChI=1S/C10H7ClFNO2/c1-15-9(14)3-2-6-4-7(11)5-8(12)10(6)13/h4-5H,13H2,1H3. The first-order valence-electron chi connectivity index (χ1n) is 3.89. The molecule has 2 N–H and O–H groups in total. The Balaban J connectivity index is 3.13. The third-order valence-electron chi connectivity index (χ3n) is 1.58. The molecule has 0 bridgehead atoms. The summed E-state index contributed by atoms with van der Waals surface area (Å²) < 4.78 is 17.3. The molecule has 0 unspecified atom stereocenters. The van der Waals surface area contributed by atoms with E-state index in [-0.39, 0.29) is 16.3 Å². The van der Waals surface area contributed by atoms with Crippen molar-refractivity contribution in [2.24, 2.45) is 0 Å². The van der Waals surface area contributed by atoms with E-state index in [1.165, 1.54) is 13.2 Å². The first kappa shape index (κ1) is 11.3. The number of benzene rings is 1. The van der Waals surface area contributed by atoms with Crippen LogP contribution >= 0.6 is 11.6 Å². The molecule has 0 atom stereocenters. The van der Waals surface area contributed by atoms with Crippen LogP contribution in [0.15, 0.2) is 12.1 Å². The van der Waals surface area contributed by atoms with Gasteiger partial charge in [-0.15, -0.1) is 0 Å². The van der Waals surface area contributed by atoms with E-state index in [2.05, 4.69) is 16.6 Å². The van der Waals surface area contributed by atoms with Crippen LogP contribution in [0.1, 0.15) is 5.56 Å². The van der Waals surface area contributed by atoms with Crippen molar-refractivity contribution in [2.75, 3.05) is 12.8 Å². The van der Waals surface area contributed by atoms with Crippen LogP contribution in [0.3, 0.4) is 0 Å². The average Bonchev–Trinajstić information content (AvgIpc) is 2.20. The van der Waals surface area contributed by atoms with Crippen LogP contribution in [0.5, 0.6) is 0 Å². The Labute approximate surface area is 91.0 Å². The molecule has 3 nitrogen and oxygen atoms in total. The Morgan fingerprint density at radius 3 is 2.87 bits per heavy atom. The van der Waals surface area contributed by atoms with Crippen LogP contribution < -0.4 is 5.73 Å². The van der Waals surface area contributed by atoms with Crippen molar-refractivity contribution in [3.63, 3.8) is 0 Å². The smallest absolute Gasteiger partial charge is 0.384 e. The van der Waals surface area contributed by atoms with Crippen molar-refractivity contribution < 1.29 is 13.9 Å². The van der Waals surface area contributed by atoms with Gasteiger partial charge in [0.05, 0.1) is 18.4 Å². The van der Waals surface area contributed by atoms with Gasteiger partial charge in [0.1, 0.15) is 5.82 Å². The number of hydrogen-bond acceptors (Lipinski definition) is 3. The van der Waals surface area contributed by atoms with Crippen molar-refractivity contribution in [2.45, 2.75) is 0 Å². The molecule has 0 spiro atoms. The quantitative estimate of drug-likeness (QED) is 0.416. The predicted molar refractivity (Wildman–Crippen MR) is 54.7 cm³/mol. The lowest BCUT2D eigenvalue weighted by atomic mass is 10.2. The first-order valence-corrected chi connectivity index (χ1v) is 4.27. The zero-order chi connectivity index (χ0) is 11.4. The van der Waals surface area contributed by atoms with Crippen molar-refractivity contribution >= 4 is 23.3 Å². The van der Waals surface area contributed by atoms with Crippen LogP contribution in [0.4, 0.5) is 10.1 Å². The third-order valence-corrected chi connectivity index (χ3v) is 1.80. The monoisotopic (exact) mass is 227 g/mol. The summed E-state index contributed by atoms with van der Waals surface area (Å²) in [5.41, 5.74) is 5.41. The molecular formula is C10H7ClFNO2. The number of carbonyl (C=O) groups excluding carboxylic acids is 1. The second kappa shape index (κ2) is 4.67. The molecule has 1 aromatic rings. The predicted octanol–water partition coefficient (Wildman–Crippen LogP) is 1.59. The fourth-order valence-electron chi connectivity index (χ4n) is 0.858. The first-order chi connectivity index (χ1) is 7.04. The summed E-state index contributed by atoms with van der Waals surface area (Å²) in [6, 6.07) is 2.44. The minimum atomic E-state index is -0.727. The summed E-state index contributed by atoms with van der Waals surface area (Å²) in [6.45, 7) is 0. The summed E-state index contributed by atoms with van der Waals surface area (Å²) in [5.74, 6) is 3.10. The molecule has 0 aromatic heterocycles. The molecule has 0 aliphatic carbocycles. The number of rotatable bonds is 0. The van der Waals surface area contributed by atoms with E-state index >= 15 is 0 Å². The van der Waals surface area contributed by atoms with E-state index in [1.54, 1.807) is 0 Å². The van der Waals surface area contributed by atoms with E-state index in [9.17, 15) is 9.18 Å². The molecule has 78 valence electrons. The van der Waals surface area contributed by atoms with Crippen molar-refractivity contribution in [1.29, 1.82) is 0 Å². The van der Waals surface area contributed by atoms with Crippen LogP contribution in [0.2, 0.25) is 5.02 Å². The van der Waals surface area contributed by atoms with Gasteiger partial charge in [-0.3, -0.25) is 0 Å². The summed E-state index contributed by atoms with van der Waals surface area (Å²) in [5, 5.41) is 0.163. The number of carbonyl (C=O) groups is 1. The van der Waals surface area contributed by atoms with Crippen LogP contribution in [-0.2, 0) is 9.53 Å². The van der Waals surface area contributed by atoms with E-state index in [0.29, 0.717) is 0 Å². The van der Waals surface area contributed by atoms with Crippen LogP contribution in [0, 0.1) is 17.7 Å². The van der Waals surface area contributed by atoms with Gasteiger partial charge < -0.3 is 10.5 Å². The summed E-state index contributed by atoms with van der Waals surface area (Å²) in [7, 11) is 1.19. The molecule has 0 heterocycles. The highest BCUT2D eigenvalue weighted by molar-refractivity contribution is 6.30. The molecule has 1 rings (SSSR count). The highest BCUT2D eigenvalue weighted by atomic mass is 35.5. The van der Waals surface area contributed by atoms with Crippen molar-refractivity contribution in [1.82, 2.24) is 0 Å². The Kier molecular flexibility index (Phi) is 3.53. The Hall–Kier alpha value is -1.73. The van der Waals surface area contributed by atoms with Crippen LogP contribution in [-0.4, -0.2) is 13.1 Å². The molecule has 1 aromatic carbocycles. The molecule has 0 fully saturated rings. The number of hydrogen-bond donors (Lipinski definition) is 1. The Morgan fingerprint density at radius 1 is 1.60 bits per heavy atom. The highest BCUT2D eigenvalue weighted by Crippen LogP contribution is 2.21. The fourth-order valence-corrected chi connectivity index (χ4v) is 1.06. The highest BCUT2D eigenvalue weighted by Gasteiger charge is 2.05. The van der Waals surface area contributed by atoms with Crippen molar-refractivity contribution in [3.05, 3.63) is 28.5 Å². The second-order valence-electron chi connectivity index (χ2n) is 2.59. The molecule has 0 aliphatic heterocycles. The van der Waals surface area contributed by atoms with E-state index in [1.807, 2.05) is 0 Å². The van der Waals surface area contributed by atoms with Gasteiger partial charge in [-0.1, -0.05) is 17.5 Å². The summed E-state index contributed by atoms with van der Waals surface area (Å²) in [6.07, 6.45) is 0. The lowest BCUT2D eigenvalue weighted by Gasteiger charge is -2.00. The van der Waals surface area contributed by atoms with Gasteiger partial charge in [0.25, 0.3) is 0 Å². The van der Waals surface area contributed by atoms with Gasteiger partial charge in [-0.25, -0.2) is 9.18 Å². The maximum absolute atomic E-state index is 13.1. The third kappa shape index (κ3) is 2.86. The minimum absolute atomic E-state index is 0.143. The number of nitrogens with two attached hydrogens (primary N) is 1. The normalized spacial score (nSPS) is 9.00. The SMILES string of the molecule is COC(=O)C#Cc1cc(Cl)cc(F)c1N. The van der Waals surface area contributed by atoms with Crippen molar-refractivity contribution in [3.8, 4) is 11.8 Å². The molecule has 0 amide bonds. The van der Waals surface area contributed by atoms with E-state index < -0.39 is 11.8 Å². The van der Waals surface area contributed by atoms with E-state index in [4.69, 9.17) is 17.3 Å². The van der Waals surface area contributed by atoms with E-state index in [0.717, 1.165) is 6.07 Å². The molecule has 15 heavy (non-hydrogen) atoms. The van der Waals surface area contributed by atoms with Gasteiger partial charge in [-0.2, -0.15) is 0 Å². The molecule has 0 radical (unpaired) electrons. The number of esters is 1. The zero-order valence-corrected chi connectivity index (χ0v) is 8.56. The Bertz CT molecular complexity index is 462. The van der Waals surface area contributed by atoms with Gasteiger partial charge in [0, 0.05) is 10.9 Å². The maximum Gasteiger partial charge on any atom is 0.384 e. The lowest BCUT2D eigenvalue weighted by molar-refractivity contribution is -0.133. The fraction of sp³-hybridized carbons (Fsp3) is 0.100. The molecule has 0 aliphatic rings. The number of ether oxygens (including phenoxy) is 1. The molecule has 0 saturated carbocycles. The number of methoxy groups -OCH3 is 1. The molecular weight excluding hydrogens is 221 g/mol. The summed E-state index contributed by atoms with van der Waals surface area (Å²) >= 11 is 5.59. The number of anilines is 1. The largest absolute Gasteiger partial charge is 0.459 e. The molecule has 0 saturated heterocycles. The number of halogens is 2. The Morgan fingerprint density at radius 2 is 2.27 bits per heavy atom. The van der Waals surface area contributed by atoms with Gasteiger partial charge >= 0.3 is 5.97 Å². The number of nitrogen functional groups attached to an aromatic ring is 1. The lowest BCUT2D eigenvalue weighted by Crippen LogP contribution is -1.97. The maximum atomic E-state index is 13.1. The average molecular weight is 228 g/mol. The topological polar surface area (TPSA) is 52.3 Å². The van der Waals surface area contributed by atoms with Crippen LogP contribution in [0.25, 0.3) is 0 Å². The second-order valence-corrected chi connectivity index (χ2v) is 3.03. The van der Waals surface area contributed by atoms with Gasteiger partial charge in [-0.05, 0) is 12.1 Å². The zero-order valence-electron chi connectivity index (χ0n) is 7.80. The summed E-state index contributed by atoms with van der Waals surface area (Å²) in [4.78, 5) is 10.7. The molecule has 5 heteroatoms.